The quantitative estimate of drug-likeness (QED) is 0.586. The molecule has 140 valence electrons. The van der Waals surface area contributed by atoms with Crippen LogP contribution in [0.4, 0.5) is 0 Å². The number of hydrogen-bond donors (Lipinski definition) is 2. The number of hydrogen-bond acceptors (Lipinski definition) is 4. The van der Waals surface area contributed by atoms with Crippen LogP contribution in [0.5, 0.6) is 0 Å². The van der Waals surface area contributed by atoms with Crippen LogP contribution in [-0.4, -0.2) is 32.2 Å². The Morgan fingerprint density at radius 3 is 2.67 bits per heavy atom. The van der Waals surface area contributed by atoms with Crippen LogP contribution in [0.2, 0.25) is 0 Å². The molecule has 0 amide bonds. The van der Waals surface area contributed by atoms with Crippen molar-refractivity contribution < 1.29 is 15.0 Å². The molecule has 1 atom stereocenters. The van der Waals surface area contributed by atoms with Gasteiger partial charge in [-0.15, -0.1) is 0 Å². The summed E-state index contributed by atoms with van der Waals surface area (Å²) >= 11 is 3.59. The molecule has 1 aromatic carbocycles. The number of rotatable bonds is 6. The van der Waals surface area contributed by atoms with Gasteiger partial charge in [-0.3, -0.25) is 9.78 Å². The number of aliphatic hydroxyl groups excluding tert-OH is 1. The maximum atomic E-state index is 12.6. The second-order valence-electron chi connectivity index (χ2n) is 7.42. The van der Waals surface area contributed by atoms with E-state index in [0.717, 1.165) is 21.1 Å². The highest BCUT2D eigenvalue weighted by molar-refractivity contribution is 9.10. The predicted octanol–water partition coefficient (Wildman–Crippen LogP) is 3.76. The first kappa shape index (κ1) is 18.3. The minimum absolute atomic E-state index is 0.0272. The van der Waals surface area contributed by atoms with E-state index in [1.807, 2.05) is 12.3 Å². The number of nitrogens with zero attached hydrogens (tertiary/aromatic N) is 2. The summed E-state index contributed by atoms with van der Waals surface area (Å²) in [6, 6.07) is 9.27. The van der Waals surface area contributed by atoms with Gasteiger partial charge in [-0.2, -0.15) is 0 Å². The fraction of sp³-hybridized carbons (Fsp3) is 0.333. The van der Waals surface area contributed by atoms with Gasteiger partial charge in [-0.1, -0.05) is 24.3 Å². The Labute approximate surface area is 165 Å². The Balaban J connectivity index is 1.56. The average Bonchev–Trinajstić information content (AvgIpc) is 3.46. The minimum atomic E-state index is -1.31. The van der Waals surface area contributed by atoms with E-state index >= 15 is 0 Å². The third-order valence-electron chi connectivity index (χ3n) is 5.15. The number of carbonyl (C=O) groups excluding carboxylic acids is 1. The number of benzene rings is 1. The summed E-state index contributed by atoms with van der Waals surface area (Å²) in [6.45, 7) is 1.16. The number of ketones is 1. The molecule has 1 fully saturated rings. The maximum Gasteiger partial charge on any atom is 0.168 e. The van der Waals surface area contributed by atoms with Gasteiger partial charge in [-0.25, -0.2) is 0 Å². The number of pyridine rings is 1. The van der Waals surface area contributed by atoms with Crippen molar-refractivity contribution >= 4 is 32.6 Å². The first-order valence-electron chi connectivity index (χ1n) is 9.01. The molecular formula is C21H21BrN2O3. The molecule has 0 spiro atoms. The van der Waals surface area contributed by atoms with Crippen molar-refractivity contribution in [1.29, 1.82) is 0 Å². The van der Waals surface area contributed by atoms with Gasteiger partial charge in [0, 0.05) is 33.9 Å². The molecule has 3 aromatic rings. The smallest absolute Gasteiger partial charge is 0.168 e. The molecule has 2 heterocycles. The lowest BCUT2D eigenvalue weighted by Gasteiger charge is -2.20. The average molecular weight is 429 g/mol. The highest BCUT2D eigenvalue weighted by Crippen LogP contribution is 2.40. The topological polar surface area (TPSA) is 75.3 Å². The number of carbonyl (C=O) groups is 1. The molecule has 0 saturated heterocycles. The fourth-order valence-electron chi connectivity index (χ4n) is 3.27. The second kappa shape index (κ2) is 6.86. The molecule has 4 rings (SSSR count). The van der Waals surface area contributed by atoms with Crippen LogP contribution < -0.4 is 0 Å². The summed E-state index contributed by atoms with van der Waals surface area (Å²) in [6.07, 6.45) is 6.52. The SMILES string of the molecule is C[C@](O)(CO)c1ccc(C(=O)Cc2cc3c(cn2)c(Br)cn3C2CC2)cc1. The van der Waals surface area contributed by atoms with Crippen LogP contribution in [0, 0.1) is 0 Å². The Morgan fingerprint density at radius 2 is 2.04 bits per heavy atom. The van der Waals surface area contributed by atoms with Crippen molar-refractivity contribution in [2.24, 2.45) is 0 Å². The predicted molar refractivity (Wildman–Crippen MR) is 107 cm³/mol. The molecule has 27 heavy (non-hydrogen) atoms. The largest absolute Gasteiger partial charge is 0.393 e. The van der Waals surface area contributed by atoms with Crippen molar-refractivity contribution in [3.05, 3.63) is 64.0 Å². The van der Waals surface area contributed by atoms with Gasteiger partial charge in [-0.05, 0) is 47.3 Å². The number of halogens is 1. The van der Waals surface area contributed by atoms with E-state index in [0.29, 0.717) is 17.2 Å². The monoisotopic (exact) mass is 428 g/mol. The van der Waals surface area contributed by atoms with E-state index < -0.39 is 5.60 Å². The first-order valence-corrected chi connectivity index (χ1v) is 9.80. The van der Waals surface area contributed by atoms with E-state index in [9.17, 15) is 15.0 Å². The maximum absolute atomic E-state index is 12.6. The number of fused-ring (bicyclic) bond motifs is 1. The van der Waals surface area contributed by atoms with Gasteiger partial charge in [0.1, 0.15) is 5.60 Å². The standard InChI is InChI=1S/C21H21BrN2O3/c1-21(27,12-25)14-4-2-13(3-5-14)20(26)9-15-8-19-17(10-23-15)18(22)11-24(19)16-6-7-16/h2-5,8,10-11,16,25,27H,6-7,9,12H2,1H3/t21-/m0/s1. The Kier molecular flexibility index (Phi) is 4.66. The third kappa shape index (κ3) is 3.57. The highest BCUT2D eigenvalue weighted by Gasteiger charge is 2.26. The van der Waals surface area contributed by atoms with Crippen LogP contribution in [0.3, 0.4) is 0 Å². The van der Waals surface area contributed by atoms with Crippen molar-refractivity contribution in [1.82, 2.24) is 9.55 Å². The van der Waals surface area contributed by atoms with Crippen LogP contribution in [-0.2, 0) is 12.0 Å². The van der Waals surface area contributed by atoms with Crippen molar-refractivity contribution in [3.63, 3.8) is 0 Å². The van der Waals surface area contributed by atoms with Crippen LogP contribution in [0.25, 0.3) is 10.9 Å². The number of aliphatic hydroxyl groups is 2. The highest BCUT2D eigenvalue weighted by atomic mass is 79.9. The van der Waals surface area contributed by atoms with E-state index in [2.05, 4.69) is 31.7 Å². The van der Waals surface area contributed by atoms with Crippen molar-refractivity contribution in [2.45, 2.75) is 37.8 Å². The normalized spacial score (nSPS) is 16.4. The first-order chi connectivity index (χ1) is 12.9. The lowest BCUT2D eigenvalue weighted by atomic mass is 9.95. The summed E-state index contributed by atoms with van der Waals surface area (Å²) < 4.78 is 3.29. The second-order valence-corrected chi connectivity index (χ2v) is 8.27. The summed E-state index contributed by atoms with van der Waals surface area (Å²) in [4.78, 5) is 17.1. The van der Waals surface area contributed by atoms with E-state index in [4.69, 9.17) is 0 Å². The summed E-state index contributed by atoms with van der Waals surface area (Å²) in [5.41, 5.74) is 1.68. The van der Waals surface area contributed by atoms with E-state index in [1.165, 1.54) is 19.8 Å². The van der Waals surface area contributed by atoms with Crippen molar-refractivity contribution in [3.8, 4) is 0 Å². The summed E-state index contributed by atoms with van der Waals surface area (Å²) in [5.74, 6) is -0.0272. The Hall–Kier alpha value is -2.02. The van der Waals surface area contributed by atoms with Crippen molar-refractivity contribution in [2.75, 3.05) is 6.61 Å². The molecule has 2 N–H and O–H groups in total. The molecule has 0 bridgehead atoms. The Bertz CT molecular complexity index is 1000. The summed E-state index contributed by atoms with van der Waals surface area (Å²) in [5, 5.41) is 20.4. The molecule has 0 radical (unpaired) electrons. The van der Waals surface area contributed by atoms with E-state index in [1.54, 1.807) is 24.3 Å². The molecule has 2 aromatic heterocycles. The van der Waals surface area contributed by atoms with Crippen LogP contribution in [0.15, 0.2) is 47.2 Å². The minimum Gasteiger partial charge on any atom is -0.393 e. The zero-order chi connectivity index (χ0) is 19.2. The van der Waals surface area contributed by atoms with Crippen LogP contribution >= 0.6 is 15.9 Å². The Morgan fingerprint density at radius 1 is 1.33 bits per heavy atom. The molecule has 0 aliphatic heterocycles. The lowest BCUT2D eigenvalue weighted by molar-refractivity contribution is -0.00229. The van der Waals surface area contributed by atoms with Gasteiger partial charge in [0.25, 0.3) is 0 Å². The zero-order valence-electron chi connectivity index (χ0n) is 15.0. The third-order valence-corrected chi connectivity index (χ3v) is 5.78. The van der Waals surface area contributed by atoms with Gasteiger partial charge in [0.15, 0.2) is 5.78 Å². The van der Waals surface area contributed by atoms with Gasteiger partial charge in [0.05, 0.1) is 24.2 Å². The fourth-order valence-corrected chi connectivity index (χ4v) is 3.80. The molecule has 1 aliphatic rings. The zero-order valence-corrected chi connectivity index (χ0v) is 16.6. The summed E-state index contributed by atoms with van der Waals surface area (Å²) in [7, 11) is 0. The van der Waals surface area contributed by atoms with Gasteiger partial charge >= 0.3 is 0 Å². The molecule has 0 unspecified atom stereocenters. The molecule has 6 heteroatoms. The van der Waals surface area contributed by atoms with E-state index in [-0.39, 0.29) is 18.8 Å². The molecule has 1 saturated carbocycles. The number of aromatic nitrogens is 2. The van der Waals surface area contributed by atoms with Crippen LogP contribution in [0.1, 0.15) is 47.4 Å². The van der Waals surface area contributed by atoms with Gasteiger partial charge in [0.2, 0.25) is 0 Å². The van der Waals surface area contributed by atoms with Gasteiger partial charge < -0.3 is 14.8 Å². The molecule has 1 aliphatic carbocycles. The molecular weight excluding hydrogens is 408 g/mol. The molecule has 5 nitrogen and oxygen atoms in total. The lowest BCUT2D eigenvalue weighted by Crippen LogP contribution is -2.25. The number of Topliss-reactive ketones (excluding diaryl/α,β-unsaturated/α-hetero) is 1.